The van der Waals surface area contributed by atoms with Crippen molar-refractivity contribution in [3.63, 3.8) is 0 Å². The van der Waals surface area contributed by atoms with Crippen LogP contribution in [-0.2, 0) is 15.7 Å². The van der Waals surface area contributed by atoms with E-state index in [2.05, 4.69) is 5.32 Å². The Hall–Kier alpha value is -3.43. The molecule has 1 unspecified atom stereocenters. The molecular weight excluding hydrogens is 381 g/mol. The first-order valence-corrected chi connectivity index (χ1v) is 7.90. The third kappa shape index (κ3) is 4.84. The Morgan fingerprint density at radius 2 is 1.82 bits per heavy atom. The molecule has 2 aromatic carbocycles. The molecule has 0 aromatic heterocycles. The number of nitrogens with one attached hydrogen (secondary N) is 1. The van der Waals surface area contributed by atoms with Gasteiger partial charge in [-0.2, -0.15) is 13.2 Å². The molecule has 1 amide bonds. The van der Waals surface area contributed by atoms with Crippen molar-refractivity contribution in [2.24, 2.45) is 0 Å². The van der Waals surface area contributed by atoms with Crippen molar-refractivity contribution in [3.8, 4) is 0 Å². The maximum absolute atomic E-state index is 13.3. The Labute approximate surface area is 157 Å². The van der Waals surface area contributed by atoms with Gasteiger partial charge in [0.2, 0.25) is 6.23 Å². The van der Waals surface area contributed by atoms with Gasteiger partial charge in [-0.3, -0.25) is 19.7 Å². The second-order valence-electron chi connectivity index (χ2n) is 5.81. The molecule has 2 rings (SSSR count). The number of rotatable bonds is 5. The number of nitrogens with zero attached hydrogens (tertiary/aromatic N) is 1. The third-order valence-electron chi connectivity index (χ3n) is 3.76. The van der Waals surface area contributed by atoms with Gasteiger partial charge in [0.15, 0.2) is 0 Å². The lowest BCUT2D eigenvalue weighted by molar-refractivity contribution is -0.385. The molecule has 1 N–H and O–H groups in total. The molecule has 0 spiro atoms. The SMILES string of the molecule is CC(=O)OC(NC(=O)c1ccc(C)c([N+](=O)[O-])c1)c1ccccc1C(F)(F)F. The molecule has 28 heavy (non-hydrogen) atoms. The number of hydrogen-bond donors (Lipinski definition) is 1. The van der Waals surface area contributed by atoms with Gasteiger partial charge < -0.3 is 10.1 Å². The topological polar surface area (TPSA) is 98.5 Å². The molecule has 0 fully saturated rings. The number of hydrogen-bond acceptors (Lipinski definition) is 5. The van der Waals surface area contributed by atoms with E-state index in [1.807, 2.05) is 0 Å². The highest BCUT2D eigenvalue weighted by Gasteiger charge is 2.36. The predicted octanol–water partition coefficient (Wildman–Crippen LogP) is 3.91. The predicted molar refractivity (Wildman–Crippen MR) is 91.3 cm³/mol. The second kappa shape index (κ2) is 8.07. The Bertz CT molecular complexity index is 928. The molecule has 0 aliphatic heterocycles. The number of alkyl halides is 3. The quantitative estimate of drug-likeness (QED) is 0.358. The maximum atomic E-state index is 13.3. The number of benzene rings is 2. The van der Waals surface area contributed by atoms with Crippen LogP contribution in [0.15, 0.2) is 42.5 Å². The van der Waals surface area contributed by atoms with Crippen molar-refractivity contribution in [1.29, 1.82) is 0 Å². The first-order valence-electron chi connectivity index (χ1n) is 7.90. The van der Waals surface area contributed by atoms with Crippen LogP contribution in [0.25, 0.3) is 0 Å². The zero-order chi connectivity index (χ0) is 21.1. The molecular formula is C18H15F3N2O5. The summed E-state index contributed by atoms with van der Waals surface area (Å²) in [6.45, 7) is 2.45. The molecule has 0 aliphatic rings. The van der Waals surface area contributed by atoms with Gasteiger partial charge in [-0.05, 0) is 19.1 Å². The lowest BCUT2D eigenvalue weighted by atomic mass is 10.0. The number of nitro groups is 1. The van der Waals surface area contributed by atoms with Crippen LogP contribution >= 0.6 is 0 Å². The molecule has 10 heteroatoms. The molecule has 148 valence electrons. The van der Waals surface area contributed by atoms with Crippen molar-refractivity contribution >= 4 is 17.6 Å². The fourth-order valence-corrected chi connectivity index (χ4v) is 2.47. The minimum Gasteiger partial charge on any atom is -0.437 e. The van der Waals surface area contributed by atoms with Crippen LogP contribution in [0.1, 0.15) is 40.2 Å². The van der Waals surface area contributed by atoms with Crippen molar-refractivity contribution < 1.29 is 32.4 Å². The fourth-order valence-electron chi connectivity index (χ4n) is 2.47. The molecule has 0 saturated heterocycles. The minimum atomic E-state index is -4.75. The van der Waals surface area contributed by atoms with Crippen LogP contribution in [0.2, 0.25) is 0 Å². The monoisotopic (exact) mass is 396 g/mol. The van der Waals surface area contributed by atoms with E-state index in [0.717, 1.165) is 31.2 Å². The summed E-state index contributed by atoms with van der Waals surface area (Å²) in [5.41, 5.74) is -1.75. The lowest BCUT2D eigenvalue weighted by Crippen LogP contribution is -2.33. The van der Waals surface area contributed by atoms with Crippen molar-refractivity contribution in [2.45, 2.75) is 26.3 Å². The number of amides is 1. The average molecular weight is 396 g/mol. The first-order chi connectivity index (χ1) is 13.0. The smallest absolute Gasteiger partial charge is 0.416 e. The first kappa shape index (κ1) is 20.9. The van der Waals surface area contributed by atoms with E-state index >= 15 is 0 Å². The Morgan fingerprint density at radius 1 is 1.18 bits per heavy atom. The van der Waals surface area contributed by atoms with Gasteiger partial charge in [-0.15, -0.1) is 0 Å². The number of nitro benzene ring substituents is 1. The van der Waals surface area contributed by atoms with Crippen molar-refractivity contribution in [1.82, 2.24) is 5.32 Å². The number of halogens is 3. The highest BCUT2D eigenvalue weighted by molar-refractivity contribution is 5.95. The normalized spacial score (nSPS) is 12.2. The van der Waals surface area contributed by atoms with Crippen molar-refractivity contribution in [2.75, 3.05) is 0 Å². The van der Waals surface area contributed by atoms with Crippen LogP contribution in [0.4, 0.5) is 18.9 Å². The van der Waals surface area contributed by atoms with Crippen LogP contribution in [0.3, 0.4) is 0 Å². The summed E-state index contributed by atoms with van der Waals surface area (Å²) in [6.07, 6.45) is -6.48. The number of carbonyl (C=O) groups is 2. The van der Waals surface area contributed by atoms with Gasteiger partial charge in [-0.25, -0.2) is 0 Å². The average Bonchev–Trinajstić information content (AvgIpc) is 2.60. The maximum Gasteiger partial charge on any atom is 0.416 e. The number of ether oxygens (including phenoxy) is 1. The number of esters is 1. The largest absolute Gasteiger partial charge is 0.437 e. The van der Waals surface area contributed by atoms with E-state index < -0.39 is 40.3 Å². The summed E-state index contributed by atoms with van der Waals surface area (Å²) in [5.74, 6) is -1.86. The van der Waals surface area contributed by atoms with Crippen molar-refractivity contribution in [3.05, 3.63) is 74.8 Å². The minimum absolute atomic E-state index is 0.168. The van der Waals surface area contributed by atoms with E-state index in [9.17, 15) is 32.9 Å². The van der Waals surface area contributed by atoms with Crippen LogP contribution in [-0.4, -0.2) is 16.8 Å². The molecule has 0 heterocycles. The number of aryl methyl sites for hydroxylation is 1. The summed E-state index contributed by atoms with van der Waals surface area (Å²) in [6, 6.07) is 7.90. The van der Waals surface area contributed by atoms with Gasteiger partial charge >= 0.3 is 12.1 Å². The highest BCUT2D eigenvalue weighted by Crippen LogP contribution is 2.35. The molecule has 2 aromatic rings. The van der Waals surface area contributed by atoms with E-state index in [0.29, 0.717) is 5.56 Å². The van der Waals surface area contributed by atoms with Crippen LogP contribution < -0.4 is 5.32 Å². The van der Waals surface area contributed by atoms with Gasteiger partial charge in [-0.1, -0.05) is 24.3 Å². The van der Waals surface area contributed by atoms with E-state index in [1.54, 1.807) is 0 Å². The summed E-state index contributed by atoms with van der Waals surface area (Å²) in [7, 11) is 0. The third-order valence-corrected chi connectivity index (χ3v) is 3.76. The van der Waals surface area contributed by atoms with E-state index in [-0.39, 0.29) is 11.3 Å². The fraction of sp³-hybridized carbons (Fsp3) is 0.222. The summed E-state index contributed by atoms with van der Waals surface area (Å²) >= 11 is 0. The lowest BCUT2D eigenvalue weighted by Gasteiger charge is -2.22. The van der Waals surface area contributed by atoms with Crippen LogP contribution in [0, 0.1) is 17.0 Å². The molecule has 7 nitrogen and oxygen atoms in total. The van der Waals surface area contributed by atoms with E-state index in [4.69, 9.17) is 4.74 Å². The standard InChI is InChI=1S/C18H15F3N2O5/c1-10-7-8-12(9-15(10)23(26)27)16(25)22-17(28-11(2)24)13-5-3-4-6-14(13)18(19,20)21/h3-9,17H,1-2H3,(H,22,25). The Balaban J connectivity index is 2.42. The second-order valence-corrected chi connectivity index (χ2v) is 5.81. The Kier molecular flexibility index (Phi) is 6.02. The molecule has 0 bridgehead atoms. The Morgan fingerprint density at radius 3 is 2.39 bits per heavy atom. The number of carbonyl (C=O) groups excluding carboxylic acids is 2. The molecule has 0 aliphatic carbocycles. The molecule has 0 saturated carbocycles. The summed E-state index contributed by atoms with van der Waals surface area (Å²) in [5, 5.41) is 13.2. The summed E-state index contributed by atoms with van der Waals surface area (Å²) < 4.78 is 44.7. The van der Waals surface area contributed by atoms with Crippen LogP contribution in [0.5, 0.6) is 0 Å². The highest BCUT2D eigenvalue weighted by atomic mass is 19.4. The molecule has 1 atom stereocenters. The zero-order valence-electron chi connectivity index (χ0n) is 14.7. The molecule has 0 radical (unpaired) electrons. The summed E-state index contributed by atoms with van der Waals surface area (Å²) in [4.78, 5) is 34.1. The van der Waals surface area contributed by atoms with E-state index in [1.165, 1.54) is 25.1 Å². The van der Waals surface area contributed by atoms with Gasteiger partial charge in [0.25, 0.3) is 11.6 Å². The zero-order valence-corrected chi connectivity index (χ0v) is 14.7. The van der Waals surface area contributed by atoms with Gasteiger partial charge in [0, 0.05) is 29.7 Å². The van der Waals surface area contributed by atoms with Gasteiger partial charge in [0.05, 0.1) is 10.5 Å². The van der Waals surface area contributed by atoms with Gasteiger partial charge in [0.1, 0.15) is 0 Å².